The maximum atomic E-state index is 12.3. The largest absolute Gasteiger partial charge is 0.508 e. The number of nitrogens with zero attached hydrogens (tertiary/aromatic N) is 1. The van der Waals surface area contributed by atoms with Crippen molar-refractivity contribution >= 4 is 12.1 Å². The number of hydrogen-bond donors (Lipinski definition) is 1. The maximum absolute atomic E-state index is 12.3. The second-order valence-electron chi connectivity index (χ2n) is 5.45. The lowest BCUT2D eigenvalue weighted by Crippen LogP contribution is -2.17. The van der Waals surface area contributed by atoms with Gasteiger partial charge in [-0.25, -0.2) is 0 Å². The zero-order valence-electron chi connectivity index (χ0n) is 13.9. The molecule has 1 aromatic heterocycles. The lowest BCUT2D eigenvalue weighted by Gasteiger charge is -2.13. The zero-order valence-corrected chi connectivity index (χ0v) is 14.8. The van der Waals surface area contributed by atoms with Crippen LogP contribution < -0.4 is 0 Å². The fourth-order valence-electron chi connectivity index (χ4n) is 2.07. The van der Waals surface area contributed by atoms with Gasteiger partial charge in [0, 0.05) is 48.3 Å². The molecule has 0 saturated carbocycles. The average Bonchev–Trinajstić information content (AvgIpc) is 2.63. The Morgan fingerprint density at radius 2 is 1.84 bits per heavy atom. The number of methoxy groups -OCH3 is 1. The third kappa shape index (κ3) is 7.14. The molecule has 132 valence electrons. The van der Waals surface area contributed by atoms with Gasteiger partial charge in [-0.3, -0.25) is 4.98 Å². The van der Waals surface area contributed by atoms with Crippen molar-refractivity contribution in [2.24, 2.45) is 5.92 Å². The van der Waals surface area contributed by atoms with Crippen molar-refractivity contribution in [1.29, 1.82) is 0 Å². The van der Waals surface area contributed by atoms with Crippen molar-refractivity contribution in [3.63, 3.8) is 0 Å². The molecule has 1 unspecified atom stereocenters. The number of rotatable bonds is 8. The Labute approximate surface area is 151 Å². The first-order chi connectivity index (χ1) is 12.2. The van der Waals surface area contributed by atoms with Crippen molar-refractivity contribution in [2.75, 3.05) is 26.1 Å². The molecule has 0 aliphatic carbocycles. The Balaban J connectivity index is 1.84. The van der Waals surface area contributed by atoms with Gasteiger partial charge in [0.05, 0.1) is 25.5 Å². The fraction of sp³-hybridized carbons (Fsp3) is 0.316. The van der Waals surface area contributed by atoms with Crippen molar-refractivity contribution in [3.05, 3.63) is 59.4 Å². The topological polar surface area (TPSA) is 51.6 Å². The summed E-state index contributed by atoms with van der Waals surface area (Å²) in [5.41, 5.74) is 2.40. The van der Waals surface area contributed by atoms with E-state index >= 15 is 0 Å². The van der Waals surface area contributed by atoms with Gasteiger partial charge >= 0.3 is 0 Å². The van der Waals surface area contributed by atoms with Gasteiger partial charge in [0.1, 0.15) is 5.75 Å². The molecule has 1 aromatic carbocycles. The predicted octanol–water partition coefficient (Wildman–Crippen LogP) is 3.58. The quantitative estimate of drug-likeness (QED) is 0.729. The summed E-state index contributed by atoms with van der Waals surface area (Å²) in [4.78, 5) is 4.32. The molecule has 2 aromatic rings. The predicted molar refractivity (Wildman–Crippen MR) is 96.9 cm³/mol. The number of aromatic hydroxyl groups is 1. The van der Waals surface area contributed by atoms with Crippen LogP contribution >= 0.6 is 12.1 Å². The number of halogens is 1. The van der Waals surface area contributed by atoms with E-state index in [4.69, 9.17) is 9.47 Å². The summed E-state index contributed by atoms with van der Waals surface area (Å²) in [5, 5.41) is 9.24. The standard InChI is InChI=1S/C19H20FNO3S/c1-23-11-17(14-25-20)12-24-13-18-7-4-16(10-21-18)3-2-15-5-8-19(22)9-6-15/h4-10,17,22H,11-14H2,1H3. The van der Waals surface area contributed by atoms with Gasteiger partial charge in [0.2, 0.25) is 0 Å². The van der Waals surface area contributed by atoms with Gasteiger partial charge in [0.25, 0.3) is 0 Å². The first-order valence-electron chi connectivity index (χ1n) is 7.77. The molecule has 0 aliphatic heterocycles. The highest BCUT2D eigenvalue weighted by molar-refractivity contribution is 7.94. The van der Waals surface area contributed by atoms with Crippen LogP contribution in [0.5, 0.6) is 5.75 Å². The Hall–Kier alpha value is -2.07. The Bertz CT molecular complexity index is 689. The van der Waals surface area contributed by atoms with E-state index in [9.17, 15) is 8.99 Å². The van der Waals surface area contributed by atoms with E-state index in [0.717, 1.165) is 16.8 Å². The van der Waals surface area contributed by atoms with Crippen molar-refractivity contribution in [1.82, 2.24) is 4.98 Å². The molecular formula is C19H20FNO3S. The number of hydrogen-bond acceptors (Lipinski definition) is 5. The molecule has 1 N–H and O–H groups in total. The summed E-state index contributed by atoms with van der Waals surface area (Å²) in [6.07, 6.45) is 1.69. The summed E-state index contributed by atoms with van der Waals surface area (Å²) >= 11 is 0.298. The third-order valence-electron chi connectivity index (χ3n) is 3.35. The lowest BCUT2D eigenvalue weighted by molar-refractivity contribution is 0.0563. The molecule has 0 spiro atoms. The lowest BCUT2D eigenvalue weighted by atomic mass is 10.2. The number of aromatic nitrogens is 1. The number of benzene rings is 1. The second kappa shape index (κ2) is 10.7. The average molecular weight is 361 g/mol. The second-order valence-corrected chi connectivity index (χ2v) is 6.00. The highest BCUT2D eigenvalue weighted by Gasteiger charge is 2.09. The first-order valence-corrected chi connectivity index (χ1v) is 8.66. The number of phenols is 1. The molecule has 0 saturated heterocycles. The molecule has 25 heavy (non-hydrogen) atoms. The minimum Gasteiger partial charge on any atom is -0.508 e. The van der Waals surface area contributed by atoms with Gasteiger partial charge in [-0.2, -0.15) is 3.89 Å². The van der Waals surface area contributed by atoms with E-state index in [1.54, 1.807) is 37.6 Å². The minimum absolute atomic E-state index is 0.0236. The number of phenolic OH excluding ortho intramolecular Hbond substituents is 1. The fourth-order valence-corrected chi connectivity index (χ4v) is 2.44. The van der Waals surface area contributed by atoms with E-state index in [0.29, 0.717) is 37.7 Å². The molecule has 0 fully saturated rings. The van der Waals surface area contributed by atoms with Crippen LogP contribution in [0, 0.1) is 17.8 Å². The van der Waals surface area contributed by atoms with Crippen molar-refractivity contribution in [2.45, 2.75) is 6.61 Å². The summed E-state index contributed by atoms with van der Waals surface area (Å²) in [5.74, 6) is 6.62. The maximum Gasteiger partial charge on any atom is 0.115 e. The van der Waals surface area contributed by atoms with Gasteiger partial charge in [-0.15, -0.1) is 0 Å². The van der Waals surface area contributed by atoms with Crippen LogP contribution in [-0.2, 0) is 16.1 Å². The Morgan fingerprint density at radius 3 is 2.48 bits per heavy atom. The normalized spacial score (nSPS) is 11.6. The molecule has 0 radical (unpaired) electrons. The molecule has 1 atom stereocenters. The van der Waals surface area contributed by atoms with Crippen LogP contribution in [0.15, 0.2) is 42.6 Å². The van der Waals surface area contributed by atoms with Crippen LogP contribution in [0.1, 0.15) is 16.8 Å². The Morgan fingerprint density at radius 1 is 1.12 bits per heavy atom. The zero-order chi connectivity index (χ0) is 17.9. The summed E-state index contributed by atoms with van der Waals surface area (Å²) in [6.45, 7) is 1.26. The monoisotopic (exact) mass is 361 g/mol. The third-order valence-corrected chi connectivity index (χ3v) is 3.95. The Kier molecular flexibility index (Phi) is 8.26. The molecule has 1 heterocycles. The van der Waals surface area contributed by atoms with E-state index in [2.05, 4.69) is 16.8 Å². The van der Waals surface area contributed by atoms with E-state index in [-0.39, 0.29) is 11.7 Å². The number of pyridine rings is 1. The van der Waals surface area contributed by atoms with Crippen LogP contribution in [0.3, 0.4) is 0 Å². The van der Waals surface area contributed by atoms with Crippen LogP contribution in [-0.4, -0.2) is 36.2 Å². The minimum atomic E-state index is 0.0236. The molecule has 0 amide bonds. The van der Waals surface area contributed by atoms with Gasteiger partial charge < -0.3 is 14.6 Å². The van der Waals surface area contributed by atoms with Gasteiger partial charge in [0.15, 0.2) is 0 Å². The van der Waals surface area contributed by atoms with E-state index in [1.165, 1.54) is 0 Å². The molecule has 2 rings (SSSR count). The molecule has 0 aliphatic rings. The highest BCUT2D eigenvalue weighted by atomic mass is 32.2. The molecule has 4 nitrogen and oxygen atoms in total. The molecular weight excluding hydrogens is 341 g/mol. The number of ether oxygens (including phenoxy) is 2. The molecule has 0 bridgehead atoms. The van der Waals surface area contributed by atoms with Crippen molar-refractivity contribution < 1.29 is 18.5 Å². The summed E-state index contributed by atoms with van der Waals surface area (Å²) in [7, 11) is 1.59. The molecule has 6 heteroatoms. The van der Waals surface area contributed by atoms with Crippen LogP contribution in [0.4, 0.5) is 3.89 Å². The van der Waals surface area contributed by atoms with Crippen LogP contribution in [0.2, 0.25) is 0 Å². The van der Waals surface area contributed by atoms with Gasteiger partial charge in [-0.05, 0) is 36.4 Å². The van der Waals surface area contributed by atoms with Gasteiger partial charge in [-0.1, -0.05) is 11.8 Å². The summed E-state index contributed by atoms with van der Waals surface area (Å²) < 4.78 is 23.0. The SMILES string of the molecule is COCC(COCc1ccc(C#Cc2ccc(O)cc2)cn1)CSF. The smallest absolute Gasteiger partial charge is 0.115 e. The van der Waals surface area contributed by atoms with E-state index in [1.807, 2.05) is 12.1 Å². The van der Waals surface area contributed by atoms with E-state index < -0.39 is 0 Å². The first kappa shape index (κ1) is 19.3. The summed E-state index contributed by atoms with van der Waals surface area (Å²) in [6, 6.07) is 10.4. The van der Waals surface area contributed by atoms with Crippen molar-refractivity contribution in [3.8, 4) is 17.6 Å². The van der Waals surface area contributed by atoms with Crippen LogP contribution in [0.25, 0.3) is 0 Å². The highest BCUT2D eigenvalue weighted by Crippen LogP contribution is 2.12.